The summed E-state index contributed by atoms with van der Waals surface area (Å²) in [5, 5.41) is 10.4. The smallest absolute Gasteiger partial charge is 0.322 e. The molecule has 5 nitrogen and oxygen atoms in total. The van der Waals surface area contributed by atoms with Crippen LogP contribution in [-0.4, -0.2) is 16.1 Å². The SMILES string of the molecule is CC(C)c1ccc(-c2nnc(NC(=O)C(C)(C)C)o2)cc1. The van der Waals surface area contributed by atoms with Crippen LogP contribution in [0.5, 0.6) is 0 Å². The average Bonchev–Trinajstić information content (AvgIpc) is 2.86. The molecule has 0 aliphatic carbocycles. The van der Waals surface area contributed by atoms with E-state index in [0.717, 1.165) is 5.56 Å². The van der Waals surface area contributed by atoms with Crippen LogP contribution in [0.15, 0.2) is 28.7 Å². The number of rotatable bonds is 3. The molecule has 112 valence electrons. The van der Waals surface area contributed by atoms with E-state index < -0.39 is 5.41 Å². The van der Waals surface area contributed by atoms with Crippen LogP contribution >= 0.6 is 0 Å². The maximum atomic E-state index is 11.9. The van der Waals surface area contributed by atoms with Gasteiger partial charge in [-0.2, -0.15) is 0 Å². The number of hydrogen-bond donors (Lipinski definition) is 1. The number of carbonyl (C=O) groups is 1. The fraction of sp³-hybridized carbons (Fsp3) is 0.438. The number of anilines is 1. The normalized spacial score (nSPS) is 11.7. The Morgan fingerprint density at radius 3 is 2.29 bits per heavy atom. The molecule has 0 bridgehead atoms. The quantitative estimate of drug-likeness (QED) is 0.931. The maximum Gasteiger partial charge on any atom is 0.322 e. The lowest BCUT2D eigenvalue weighted by molar-refractivity contribution is -0.123. The highest BCUT2D eigenvalue weighted by molar-refractivity contribution is 5.92. The lowest BCUT2D eigenvalue weighted by Gasteiger charge is -2.15. The van der Waals surface area contributed by atoms with Gasteiger partial charge in [0, 0.05) is 11.0 Å². The van der Waals surface area contributed by atoms with Gasteiger partial charge < -0.3 is 4.42 Å². The second kappa shape index (κ2) is 5.68. The minimum Gasteiger partial charge on any atom is -0.403 e. The third kappa shape index (κ3) is 3.68. The Labute approximate surface area is 124 Å². The number of nitrogens with zero attached hydrogens (tertiary/aromatic N) is 2. The molecule has 0 atom stereocenters. The van der Waals surface area contributed by atoms with Gasteiger partial charge in [0.1, 0.15) is 0 Å². The molecule has 21 heavy (non-hydrogen) atoms. The highest BCUT2D eigenvalue weighted by Gasteiger charge is 2.23. The number of nitrogens with one attached hydrogen (secondary N) is 1. The molecular weight excluding hydrogens is 266 g/mol. The highest BCUT2D eigenvalue weighted by Crippen LogP contribution is 2.23. The van der Waals surface area contributed by atoms with Crippen LogP contribution in [0.4, 0.5) is 6.01 Å². The van der Waals surface area contributed by atoms with E-state index in [1.165, 1.54) is 5.56 Å². The molecule has 0 radical (unpaired) electrons. The van der Waals surface area contributed by atoms with Crippen molar-refractivity contribution in [2.24, 2.45) is 5.41 Å². The largest absolute Gasteiger partial charge is 0.403 e. The first-order valence-corrected chi connectivity index (χ1v) is 7.02. The van der Waals surface area contributed by atoms with Crippen LogP contribution in [-0.2, 0) is 4.79 Å². The van der Waals surface area contributed by atoms with Crippen molar-refractivity contribution >= 4 is 11.9 Å². The lowest BCUT2D eigenvalue weighted by Crippen LogP contribution is -2.27. The van der Waals surface area contributed by atoms with Crippen LogP contribution < -0.4 is 5.32 Å². The zero-order chi connectivity index (χ0) is 15.6. The molecule has 2 aromatic rings. The molecule has 0 fully saturated rings. The third-order valence-corrected chi connectivity index (χ3v) is 3.15. The first kappa shape index (κ1) is 15.2. The summed E-state index contributed by atoms with van der Waals surface area (Å²) >= 11 is 0. The van der Waals surface area contributed by atoms with Gasteiger partial charge in [0.05, 0.1) is 0 Å². The Bertz CT molecular complexity index is 622. The van der Waals surface area contributed by atoms with E-state index in [-0.39, 0.29) is 11.9 Å². The molecule has 1 aromatic carbocycles. The summed E-state index contributed by atoms with van der Waals surface area (Å²) in [6.07, 6.45) is 0. The van der Waals surface area contributed by atoms with E-state index >= 15 is 0 Å². The standard InChI is InChI=1S/C16H21N3O2/c1-10(2)11-6-8-12(9-7-11)13-18-19-15(21-13)17-14(20)16(3,4)5/h6-10H,1-5H3,(H,17,19,20). The van der Waals surface area contributed by atoms with E-state index in [1.807, 2.05) is 45.0 Å². The predicted molar refractivity (Wildman–Crippen MR) is 81.9 cm³/mol. The summed E-state index contributed by atoms with van der Waals surface area (Å²) in [4.78, 5) is 11.9. The molecule has 0 aliphatic heterocycles. The first-order valence-electron chi connectivity index (χ1n) is 7.02. The molecular formula is C16H21N3O2. The van der Waals surface area contributed by atoms with Gasteiger partial charge in [0.2, 0.25) is 11.8 Å². The number of aromatic nitrogens is 2. The summed E-state index contributed by atoms with van der Waals surface area (Å²) in [5.41, 5.74) is 1.58. The van der Waals surface area contributed by atoms with Crippen molar-refractivity contribution in [1.29, 1.82) is 0 Å². The van der Waals surface area contributed by atoms with Crippen LogP contribution in [0.2, 0.25) is 0 Å². The molecule has 1 N–H and O–H groups in total. The molecule has 1 aromatic heterocycles. The van der Waals surface area contributed by atoms with Crippen molar-refractivity contribution in [2.75, 3.05) is 5.32 Å². The van der Waals surface area contributed by atoms with Gasteiger partial charge in [-0.05, 0) is 23.6 Å². The fourth-order valence-corrected chi connectivity index (χ4v) is 1.69. The molecule has 1 amide bonds. The van der Waals surface area contributed by atoms with Crippen LogP contribution in [0.1, 0.15) is 46.1 Å². The molecule has 2 rings (SSSR count). The van der Waals surface area contributed by atoms with E-state index in [4.69, 9.17) is 4.42 Å². The van der Waals surface area contributed by atoms with Crippen molar-refractivity contribution in [1.82, 2.24) is 10.2 Å². The van der Waals surface area contributed by atoms with Crippen molar-refractivity contribution < 1.29 is 9.21 Å². The second-order valence-electron chi connectivity index (χ2n) is 6.39. The van der Waals surface area contributed by atoms with Gasteiger partial charge in [0.25, 0.3) is 0 Å². The zero-order valence-electron chi connectivity index (χ0n) is 13.1. The third-order valence-electron chi connectivity index (χ3n) is 3.15. The number of benzene rings is 1. The topological polar surface area (TPSA) is 68.0 Å². The van der Waals surface area contributed by atoms with Gasteiger partial charge in [-0.3, -0.25) is 10.1 Å². The molecule has 0 saturated carbocycles. The van der Waals surface area contributed by atoms with E-state index in [0.29, 0.717) is 11.8 Å². The molecule has 5 heteroatoms. The summed E-state index contributed by atoms with van der Waals surface area (Å²) in [6.45, 7) is 9.75. The molecule has 1 heterocycles. The van der Waals surface area contributed by atoms with E-state index in [1.54, 1.807) is 0 Å². The van der Waals surface area contributed by atoms with Gasteiger partial charge in [-0.1, -0.05) is 51.9 Å². The molecule has 0 aliphatic rings. The van der Waals surface area contributed by atoms with Gasteiger partial charge in [-0.15, -0.1) is 5.10 Å². The predicted octanol–water partition coefficient (Wildman–Crippen LogP) is 3.84. The van der Waals surface area contributed by atoms with E-state index in [9.17, 15) is 4.79 Å². The van der Waals surface area contributed by atoms with Crippen molar-refractivity contribution in [3.8, 4) is 11.5 Å². The Morgan fingerprint density at radius 1 is 1.14 bits per heavy atom. The minimum atomic E-state index is -0.506. The van der Waals surface area contributed by atoms with Gasteiger partial charge in [0.15, 0.2) is 0 Å². The van der Waals surface area contributed by atoms with Crippen LogP contribution in [0, 0.1) is 5.41 Å². The monoisotopic (exact) mass is 287 g/mol. The summed E-state index contributed by atoms with van der Waals surface area (Å²) in [6, 6.07) is 8.09. The van der Waals surface area contributed by atoms with Crippen LogP contribution in [0.25, 0.3) is 11.5 Å². The minimum absolute atomic E-state index is 0.123. The van der Waals surface area contributed by atoms with Crippen molar-refractivity contribution in [2.45, 2.75) is 40.5 Å². The molecule has 0 spiro atoms. The lowest BCUT2D eigenvalue weighted by atomic mass is 9.96. The van der Waals surface area contributed by atoms with Gasteiger partial charge in [-0.25, -0.2) is 0 Å². The van der Waals surface area contributed by atoms with Gasteiger partial charge >= 0.3 is 6.01 Å². The number of amides is 1. The summed E-state index contributed by atoms with van der Waals surface area (Å²) in [5.74, 6) is 0.714. The second-order valence-corrected chi connectivity index (χ2v) is 6.39. The molecule has 0 saturated heterocycles. The number of hydrogen-bond acceptors (Lipinski definition) is 4. The van der Waals surface area contributed by atoms with Crippen molar-refractivity contribution in [3.63, 3.8) is 0 Å². The maximum absolute atomic E-state index is 11.9. The Morgan fingerprint density at radius 2 is 1.76 bits per heavy atom. The zero-order valence-corrected chi connectivity index (χ0v) is 13.1. The molecule has 0 unspecified atom stereocenters. The first-order chi connectivity index (χ1) is 9.77. The van der Waals surface area contributed by atoms with Crippen molar-refractivity contribution in [3.05, 3.63) is 29.8 Å². The van der Waals surface area contributed by atoms with Crippen LogP contribution in [0.3, 0.4) is 0 Å². The Kier molecular flexibility index (Phi) is 4.11. The Hall–Kier alpha value is -2.17. The summed E-state index contributed by atoms with van der Waals surface area (Å²) < 4.78 is 5.48. The average molecular weight is 287 g/mol. The van der Waals surface area contributed by atoms with E-state index in [2.05, 4.69) is 29.4 Å². The summed E-state index contributed by atoms with van der Waals surface area (Å²) in [7, 11) is 0. The highest BCUT2D eigenvalue weighted by atomic mass is 16.4. The Balaban J connectivity index is 2.14. The number of carbonyl (C=O) groups excluding carboxylic acids is 1. The fourth-order valence-electron chi connectivity index (χ4n) is 1.69.